The van der Waals surface area contributed by atoms with Crippen LogP contribution in [0.5, 0.6) is 0 Å². The Morgan fingerprint density at radius 1 is 1.32 bits per heavy atom. The summed E-state index contributed by atoms with van der Waals surface area (Å²) in [5.41, 5.74) is 9.65. The van der Waals surface area contributed by atoms with Crippen molar-refractivity contribution >= 4 is 5.69 Å². The summed E-state index contributed by atoms with van der Waals surface area (Å²) in [6.45, 7) is 5.87. The molecule has 19 heavy (non-hydrogen) atoms. The quantitative estimate of drug-likeness (QED) is 0.885. The Bertz CT molecular complexity index is 400. The third kappa shape index (κ3) is 3.95. The van der Waals surface area contributed by atoms with Gasteiger partial charge in [0.05, 0.1) is 0 Å². The number of anilines is 1. The van der Waals surface area contributed by atoms with Crippen LogP contribution in [0.25, 0.3) is 0 Å². The predicted molar refractivity (Wildman–Crippen MR) is 80.8 cm³/mol. The smallest absolute Gasteiger partial charge is 0.0469 e. The van der Waals surface area contributed by atoms with Crippen LogP contribution in [0.15, 0.2) is 18.2 Å². The van der Waals surface area contributed by atoms with Crippen LogP contribution in [0.2, 0.25) is 0 Å². The lowest BCUT2D eigenvalue weighted by Gasteiger charge is -2.28. The Balaban J connectivity index is 1.98. The predicted octanol–water partition coefficient (Wildman–Crippen LogP) is 2.36. The zero-order valence-electron chi connectivity index (χ0n) is 12.2. The van der Waals surface area contributed by atoms with Crippen molar-refractivity contribution in [2.45, 2.75) is 26.2 Å². The van der Waals surface area contributed by atoms with E-state index in [-0.39, 0.29) is 0 Å². The van der Waals surface area contributed by atoms with Gasteiger partial charge in [0.15, 0.2) is 0 Å². The van der Waals surface area contributed by atoms with E-state index in [0.29, 0.717) is 0 Å². The lowest BCUT2D eigenvalue weighted by molar-refractivity contribution is 0.0685. The molecule has 0 aliphatic carbocycles. The molecule has 2 N–H and O–H groups in total. The second kappa shape index (κ2) is 6.92. The third-order valence-electron chi connectivity index (χ3n) is 4.05. The molecular weight excluding hydrogens is 236 g/mol. The number of nitrogens with zero attached hydrogens (tertiary/aromatic N) is 1. The summed E-state index contributed by atoms with van der Waals surface area (Å²) < 4.78 is 5.42. The maximum Gasteiger partial charge on any atom is 0.0469 e. The van der Waals surface area contributed by atoms with E-state index in [9.17, 15) is 0 Å². The standard InChI is InChI=1S/C16H26N2O/c1-13-11-16(4-3-15(13)5-8-17)18(2)12-14-6-9-19-10-7-14/h3-4,11,14H,5-10,12,17H2,1-2H3. The Morgan fingerprint density at radius 3 is 2.68 bits per heavy atom. The van der Waals surface area contributed by atoms with Crippen molar-refractivity contribution in [1.29, 1.82) is 0 Å². The summed E-state index contributed by atoms with van der Waals surface area (Å²) in [6, 6.07) is 6.72. The molecule has 1 saturated heterocycles. The van der Waals surface area contributed by atoms with Gasteiger partial charge in [-0.2, -0.15) is 0 Å². The highest BCUT2D eigenvalue weighted by Gasteiger charge is 2.16. The van der Waals surface area contributed by atoms with Crippen molar-refractivity contribution in [2.75, 3.05) is 38.3 Å². The zero-order chi connectivity index (χ0) is 13.7. The minimum atomic E-state index is 0.720. The van der Waals surface area contributed by atoms with Crippen LogP contribution in [0.1, 0.15) is 24.0 Å². The first-order valence-electron chi connectivity index (χ1n) is 7.29. The molecule has 0 saturated carbocycles. The van der Waals surface area contributed by atoms with Crippen LogP contribution in [-0.4, -0.2) is 33.4 Å². The first kappa shape index (κ1) is 14.4. The second-order valence-corrected chi connectivity index (χ2v) is 5.59. The fourth-order valence-corrected chi connectivity index (χ4v) is 2.78. The summed E-state index contributed by atoms with van der Waals surface area (Å²) in [4.78, 5) is 2.37. The first-order valence-corrected chi connectivity index (χ1v) is 7.29. The molecule has 1 fully saturated rings. The van der Waals surface area contributed by atoms with E-state index in [1.54, 1.807) is 0 Å². The minimum absolute atomic E-state index is 0.720. The Hall–Kier alpha value is -1.06. The number of hydrogen-bond donors (Lipinski definition) is 1. The lowest BCUT2D eigenvalue weighted by Crippen LogP contribution is -2.29. The van der Waals surface area contributed by atoms with Crippen LogP contribution in [0.4, 0.5) is 5.69 Å². The molecule has 3 nitrogen and oxygen atoms in total. The van der Waals surface area contributed by atoms with Crippen molar-refractivity contribution in [3.63, 3.8) is 0 Å². The molecular formula is C16H26N2O. The number of hydrogen-bond acceptors (Lipinski definition) is 3. The van der Waals surface area contributed by atoms with Gasteiger partial charge >= 0.3 is 0 Å². The third-order valence-corrected chi connectivity index (χ3v) is 4.05. The van der Waals surface area contributed by atoms with E-state index in [4.69, 9.17) is 10.5 Å². The second-order valence-electron chi connectivity index (χ2n) is 5.59. The van der Waals surface area contributed by atoms with Gasteiger partial charge in [-0.3, -0.25) is 0 Å². The van der Waals surface area contributed by atoms with E-state index in [1.165, 1.54) is 29.7 Å². The SMILES string of the molecule is Cc1cc(N(C)CC2CCOCC2)ccc1CCN. The van der Waals surface area contributed by atoms with Gasteiger partial charge in [-0.05, 0) is 61.9 Å². The van der Waals surface area contributed by atoms with Crippen LogP contribution in [-0.2, 0) is 11.2 Å². The summed E-state index contributed by atoms with van der Waals surface area (Å²) in [6.07, 6.45) is 3.35. The van der Waals surface area contributed by atoms with Gasteiger partial charge in [-0.25, -0.2) is 0 Å². The minimum Gasteiger partial charge on any atom is -0.381 e. The average Bonchev–Trinajstić information content (AvgIpc) is 2.42. The van der Waals surface area contributed by atoms with Gasteiger partial charge in [0, 0.05) is 32.5 Å². The van der Waals surface area contributed by atoms with E-state index in [1.807, 2.05) is 0 Å². The molecule has 0 spiro atoms. The number of aryl methyl sites for hydroxylation is 1. The first-order chi connectivity index (χ1) is 9.20. The van der Waals surface area contributed by atoms with Crippen molar-refractivity contribution in [3.05, 3.63) is 29.3 Å². The van der Waals surface area contributed by atoms with Gasteiger partial charge in [0.1, 0.15) is 0 Å². The monoisotopic (exact) mass is 262 g/mol. The highest BCUT2D eigenvalue weighted by Crippen LogP contribution is 2.22. The molecule has 1 aromatic rings. The molecule has 106 valence electrons. The summed E-state index contributed by atoms with van der Waals surface area (Å²) in [7, 11) is 2.19. The highest BCUT2D eigenvalue weighted by atomic mass is 16.5. The summed E-state index contributed by atoms with van der Waals surface area (Å²) in [5.74, 6) is 0.766. The summed E-state index contributed by atoms with van der Waals surface area (Å²) in [5, 5.41) is 0. The maximum absolute atomic E-state index is 5.63. The fourth-order valence-electron chi connectivity index (χ4n) is 2.78. The van der Waals surface area contributed by atoms with Crippen molar-refractivity contribution < 1.29 is 4.74 Å². The molecule has 0 unspecified atom stereocenters. The molecule has 0 radical (unpaired) electrons. The van der Waals surface area contributed by atoms with Crippen LogP contribution in [0.3, 0.4) is 0 Å². The molecule has 3 heteroatoms. The van der Waals surface area contributed by atoms with E-state index >= 15 is 0 Å². The van der Waals surface area contributed by atoms with Crippen molar-refractivity contribution in [2.24, 2.45) is 11.7 Å². The number of rotatable bonds is 5. The number of ether oxygens (including phenoxy) is 1. The molecule has 0 amide bonds. The van der Waals surface area contributed by atoms with Gasteiger partial charge in [0.2, 0.25) is 0 Å². The molecule has 0 aromatic heterocycles. The van der Waals surface area contributed by atoms with E-state index in [2.05, 4.69) is 37.1 Å². The van der Waals surface area contributed by atoms with Crippen LogP contribution >= 0.6 is 0 Å². The van der Waals surface area contributed by atoms with Crippen LogP contribution < -0.4 is 10.6 Å². The van der Waals surface area contributed by atoms with Crippen molar-refractivity contribution in [1.82, 2.24) is 0 Å². The molecule has 1 aromatic carbocycles. The highest BCUT2D eigenvalue weighted by molar-refractivity contribution is 5.50. The van der Waals surface area contributed by atoms with Gasteiger partial charge in [0.25, 0.3) is 0 Å². The number of benzene rings is 1. The topological polar surface area (TPSA) is 38.5 Å². The van der Waals surface area contributed by atoms with Gasteiger partial charge in [-0.1, -0.05) is 6.07 Å². The van der Waals surface area contributed by atoms with Crippen molar-refractivity contribution in [3.8, 4) is 0 Å². The van der Waals surface area contributed by atoms with Crippen LogP contribution in [0, 0.1) is 12.8 Å². The Labute approximate surface area is 116 Å². The largest absolute Gasteiger partial charge is 0.381 e. The normalized spacial score (nSPS) is 16.6. The average molecular weight is 262 g/mol. The Morgan fingerprint density at radius 2 is 2.05 bits per heavy atom. The fraction of sp³-hybridized carbons (Fsp3) is 0.625. The van der Waals surface area contributed by atoms with Gasteiger partial charge < -0.3 is 15.4 Å². The van der Waals surface area contributed by atoms with E-state index < -0.39 is 0 Å². The lowest BCUT2D eigenvalue weighted by atomic mass is 9.99. The maximum atomic E-state index is 5.63. The molecule has 1 aliphatic rings. The molecule has 2 rings (SSSR count). The molecule has 1 heterocycles. The van der Waals surface area contributed by atoms with E-state index in [0.717, 1.165) is 38.6 Å². The molecule has 0 bridgehead atoms. The molecule has 0 atom stereocenters. The summed E-state index contributed by atoms with van der Waals surface area (Å²) >= 11 is 0. The molecule has 1 aliphatic heterocycles. The number of nitrogens with two attached hydrogens (primary N) is 1. The van der Waals surface area contributed by atoms with Gasteiger partial charge in [-0.15, -0.1) is 0 Å². The Kier molecular flexibility index (Phi) is 5.23. The zero-order valence-corrected chi connectivity index (χ0v) is 12.2.